The molecule has 0 heterocycles. The van der Waals surface area contributed by atoms with Gasteiger partial charge in [-0.2, -0.15) is 0 Å². The summed E-state index contributed by atoms with van der Waals surface area (Å²) in [5, 5.41) is 4.36. The summed E-state index contributed by atoms with van der Waals surface area (Å²) in [6, 6.07) is 6.95. The van der Waals surface area contributed by atoms with Crippen LogP contribution in [0.4, 0.5) is 0 Å². The van der Waals surface area contributed by atoms with Crippen molar-refractivity contribution in [2.75, 3.05) is 0 Å². The van der Waals surface area contributed by atoms with Gasteiger partial charge in [0.15, 0.2) is 0 Å². The maximum Gasteiger partial charge on any atom is 0.0417 e. The molecule has 1 fully saturated rings. The third-order valence-electron chi connectivity index (χ3n) is 3.37. The van der Waals surface area contributed by atoms with Crippen molar-refractivity contribution in [3.05, 3.63) is 33.3 Å². The van der Waals surface area contributed by atoms with E-state index in [-0.39, 0.29) is 0 Å². The molecule has 2 rings (SSSR count). The van der Waals surface area contributed by atoms with Gasteiger partial charge >= 0.3 is 0 Å². The summed E-state index contributed by atoms with van der Waals surface area (Å²) in [6.07, 6.45) is 4.65. The normalized spacial score (nSPS) is 24.9. The van der Waals surface area contributed by atoms with Crippen LogP contribution in [0.1, 0.15) is 31.2 Å². The van der Waals surface area contributed by atoms with Crippen molar-refractivity contribution >= 4 is 27.5 Å². The van der Waals surface area contributed by atoms with Crippen LogP contribution in [0.5, 0.6) is 0 Å². The number of benzene rings is 1. The molecular formula is C13H18BrClN2. The standard InChI is InChI=1S/C13H18BrClN2/c14-13-7-10(15)2-1-9(13)8-17-12-5-3-11(16)4-6-12/h1-2,7,11-12,17H,3-6,8,16H2. The lowest BCUT2D eigenvalue weighted by Gasteiger charge is -2.27. The molecule has 2 nitrogen and oxygen atoms in total. The average molecular weight is 318 g/mol. The Morgan fingerprint density at radius 1 is 1.29 bits per heavy atom. The Morgan fingerprint density at radius 2 is 2.00 bits per heavy atom. The summed E-state index contributed by atoms with van der Waals surface area (Å²) in [5.41, 5.74) is 7.15. The van der Waals surface area contributed by atoms with Gasteiger partial charge in [0.05, 0.1) is 0 Å². The first-order chi connectivity index (χ1) is 8.15. The van der Waals surface area contributed by atoms with E-state index in [1.165, 1.54) is 18.4 Å². The van der Waals surface area contributed by atoms with Gasteiger partial charge in [0.1, 0.15) is 0 Å². The first kappa shape index (κ1) is 13.3. The molecule has 1 aliphatic carbocycles. The predicted octanol–water partition coefficient (Wildman–Crippen LogP) is 3.46. The van der Waals surface area contributed by atoms with Gasteiger partial charge in [-0.05, 0) is 43.4 Å². The summed E-state index contributed by atoms with van der Waals surface area (Å²) >= 11 is 9.45. The zero-order chi connectivity index (χ0) is 12.3. The first-order valence-electron chi connectivity index (χ1n) is 6.08. The van der Waals surface area contributed by atoms with Crippen LogP contribution in [0.15, 0.2) is 22.7 Å². The van der Waals surface area contributed by atoms with Gasteiger partial charge in [0.25, 0.3) is 0 Å². The molecule has 0 saturated heterocycles. The van der Waals surface area contributed by atoms with E-state index in [1.54, 1.807) is 0 Å². The van der Waals surface area contributed by atoms with Gasteiger partial charge < -0.3 is 11.1 Å². The van der Waals surface area contributed by atoms with E-state index in [2.05, 4.69) is 27.3 Å². The number of nitrogens with one attached hydrogen (secondary N) is 1. The SMILES string of the molecule is NC1CCC(NCc2ccc(Cl)cc2Br)CC1. The van der Waals surface area contributed by atoms with Crippen molar-refractivity contribution in [1.29, 1.82) is 0 Å². The van der Waals surface area contributed by atoms with E-state index in [9.17, 15) is 0 Å². The lowest BCUT2D eigenvalue weighted by atomic mass is 9.92. The van der Waals surface area contributed by atoms with Crippen LogP contribution in [-0.2, 0) is 6.54 Å². The van der Waals surface area contributed by atoms with Crippen molar-refractivity contribution in [3.63, 3.8) is 0 Å². The molecule has 4 heteroatoms. The van der Waals surface area contributed by atoms with Crippen molar-refractivity contribution in [2.45, 2.75) is 44.3 Å². The summed E-state index contributed by atoms with van der Waals surface area (Å²) in [6.45, 7) is 0.887. The molecule has 0 radical (unpaired) electrons. The highest BCUT2D eigenvalue weighted by Crippen LogP contribution is 2.22. The van der Waals surface area contributed by atoms with E-state index in [0.29, 0.717) is 12.1 Å². The fourth-order valence-electron chi connectivity index (χ4n) is 2.24. The Bertz CT molecular complexity index is 376. The summed E-state index contributed by atoms with van der Waals surface area (Å²) in [5.74, 6) is 0. The molecule has 0 amide bonds. The van der Waals surface area contributed by atoms with Crippen LogP contribution in [0.2, 0.25) is 5.02 Å². The van der Waals surface area contributed by atoms with Crippen LogP contribution < -0.4 is 11.1 Å². The van der Waals surface area contributed by atoms with Gasteiger partial charge in [-0.1, -0.05) is 33.6 Å². The molecule has 1 aromatic rings. The molecule has 0 unspecified atom stereocenters. The molecule has 1 aromatic carbocycles. The van der Waals surface area contributed by atoms with Crippen molar-refractivity contribution in [1.82, 2.24) is 5.32 Å². The number of nitrogens with two attached hydrogens (primary N) is 1. The molecule has 3 N–H and O–H groups in total. The summed E-state index contributed by atoms with van der Waals surface area (Å²) in [7, 11) is 0. The van der Waals surface area contributed by atoms with Crippen molar-refractivity contribution in [3.8, 4) is 0 Å². The number of hydrogen-bond acceptors (Lipinski definition) is 2. The zero-order valence-corrected chi connectivity index (χ0v) is 12.1. The zero-order valence-electron chi connectivity index (χ0n) is 9.76. The first-order valence-corrected chi connectivity index (χ1v) is 7.25. The molecule has 1 saturated carbocycles. The van der Waals surface area contributed by atoms with Crippen molar-refractivity contribution < 1.29 is 0 Å². The molecule has 0 bridgehead atoms. The van der Waals surface area contributed by atoms with Gasteiger partial charge in [-0.15, -0.1) is 0 Å². The van der Waals surface area contributed by atoms with Crippen LogP contribution in [0, 0.1) is 0 Å². The molecule has 0 aliphatic heterocycles. The van der Waals surface area contributed by atoms with E-state index in [1.807, 2.05) is 12.1 Å². The molecular weight excluding hydrogens is 300 g/mol. The minimum absolute atomic E-state index is 0.412. The quantitative estimate of drug-likeness (QED) is 0.896. The van der Waals surface area contributed by atoms with E-state index >= 15 is 0 Å². The maximum atomic E-state index is 5.92. The topological polar surface area (TPSA) is 38.0 Å². The highest BCUT2D eigenvalue weighted by Gasteiger charge is 2.17. The second kappa shape index (κ2) is 6.19. The van der Waals surface area contributed by atoms with Crippen LogP contribution in [0.3, 0.4) is 0 Å². The lowest BCUT2D eigenvalue weighted by molar-refractivity contribution is 0.341. The highest BCUT2D eigenvalue weighted by molar-refractivity contribution is 9.10. The van der Waals surface area contributed by atoms with Gasteiger partial charge in [0.2, 0.25) is 0 Å². The van der Waals surface area contributed by atoms with Crippen LogP contribution in [-0.4, -0.2) is 12.1 Å². The lowest BCUT2D eigenvalue weighted by Crippen LogP contribution is -2.37. The van der Waals surface area contributed by atoms with Gasteiger partial charge in [-0.3, -0.25) is 0 Å². The minimum atomic E-state index is 0.412. The third-order valence-corrected chi connectivity index (χ3v) is 4.34. The molecule has 0 aromatic heterocycles. The predicted molar refractivity (Wildman–Crippen MR) is 76.2 cm³/mol. The van der Waals surface area contributed by atoms with E-state index in [4.69, 9.17) is 17.3 Å². The van der Waals surface area contributed by atoms with Gasteiger partial charge in [-0.25, -0.2) is 0 Å². The highest BCUT2D eigenvalue weighted by atomic mass is 79.9. The number of halogens is 2. The monoisotopic (exact) mass is 316 g/mol. The molecule has 0 spiro atoms. The van der Waals surface area contributed by atoms with E-state index < -0.39 is 0 Å². The number of hydrogen-bond donors (Lipinski definition) is 2. The van der Waals surface area contributed by atoms with Crippen LogP contribution in [0.25, 0.3) is 0 Å². The molecule has 0 atom stereocenters. The van der Waals surface area contributed by atoms with Gasteiger partial charge in [0, 0.05) is 28.1 Å². The summed E-state index contributed by atoms with van der Waals surface area (Å²) < 4.78 is 1.07. The van der Waals surface area contributed by atoms with Crippen molar-refractivity contribution in [2.24, 2.45) is 5.73 Å². The Labute approximate surface area is 116 Å². The smallest absolute Gasteiger partial charge is 0.0417 e. The molecule has 17 heavy (non-hydrogen) atoms. The Morgan fingerprint density at radius 3 is 2.65 bits per heavy atom. The fraction of sp³-hybridized carbons (Fsp3) is 0.538. The third kappa shape index (κ3) is 3.95. The second-order valence-electron chi connectivity index (χ2n) is 4.73. The number of rotatable bonds is 3. The van der Waals surface area contributed by atoms with Crippen LogP contribution >= 0.6 is 27.5 Å². The summed E-state index contributed by atoms with van der Waals surface area (Å²) in [4.78, 5) is 0. The minimum Gasteiger partial charge on any atom is -0.328 e. The Hall–Kier alpha value is -0.0900. The fourth-order valence-corrected chi connectivity index (χ4v) is 3.07. The second-order valence-corrected chi connectivity index (χ2v) is 6.02. The molecule has 1 aliphatic rings. The Kier molecular flexibility index (Phi) is 4.86. The maximum absolute atomic E-state index is 5.92. The largest absolute Gasteiger partial charge is 0.328 e. The van der Waals surface area contributed by atoms with E-state index in [0.717, 1.165) is 28.9 Å². The Balaban J connectivity index is 1.85. The average Bonchev–Trinajstić information content (AvgIpc) is 2.30. The molecule has 94 valence electrons.